The summed E-state index contributed by atoms with van der Waals surface area (Å²) in [5.74, 6) is 2.84. The number of nitrogens with zero attached hydrogens (tertiary/aromatic N) is 6. The van der Waals surface area contributed by atoms with Gasteiger partial charge < -0.3 is 9.09 Å². The summed E-state index contributed by atoms with van der Waals surface area (Å²) >= 11 is 0. The van der Waals surface area contributed by atoms with Crippen LogP contribution < -0.4 is 0 Å². The van der Waals surface area contributed by atoms with E-state index in [9.17, 15) is 0 Å². The Hall–Kier alpha value is -2.57. The molecule has 114 valence electrons. The predicted molar refractivity (Wildman–Crippen MR) is 80.1 cm³/mol. The van der Waals surface area contributed by atoms with Gasteiger partial charge in [-0.2, -0.15) is 4.98 Å². The van der Waals surface area contributed by atoms with Gasteiger partial charge >= 0.3 is 0 Å². The van der Waals surface area contributed by atoms with E-state index < -0.39 is 0 Å². The van der Waals surface area contributed by atoms with Crippen LogP contribution in [-0.2, 0) is 12.8 Å². The minimum absolute atomic E-state index is 0.106. The lowest BCUT2D eigenvalue weighted by Gasteiger charge is -2.12. The van der Waals surface area contributed by atoms with E-state index in [1.165, 1.54) is 0 Å². The predicted octanol–water partition coefficient (Wildman–Crippen LogP) is 2.46. The second-order valence-electron chi connectivity index (χ2n) is 4.95. The molecule has 0 N–H and O–H groups in total. The Labute approximate surface area is 128 Å². The molecule has 0 spiro atoms. The van der Waals surface area contributed by atoms with Crippen molar-refractivity contribution in [2.45, 2.75) is 39.7 Å². The molecule has 0 aliphatic carbocycles. The zero-order chi connectivity index (χ0) is 15.5. The van der Waals surface area contributed by atoms with Crippen LogP contribution in [0.25, 0.3) is 11.5 Å². The molecule has 3 heterocycles. The molecule has 0 fully saturated rings. The van der Waals surface area contributed by atoms with Gasteiger partial charge in [0, 0.05) is 31.4 Å². The van der Waals surface area contributed by atoms with Gasteiger partial charge in [0.25, 0.3) is 0 Å². The zero-order valence-electron chi connectivity index (χ0n) is 12.9. The first-order valence-corrected chi connectivity index (χ1v) is 7.40. The van der Waals surface area contributed by atoms with Crippen molar-refractivity contribution in [3.8, 4) is 11.5 Å². The van der Waals surface area contributed by atoms with Crippen molar-refractivity contribution in [1.29, 1.82) is 0 Å². The molecule has 7 nitrogen and oxygen atoms in total. The van der Waals surface area contributed by atoms with Crippen molar-refractivity contribution < 1.29 is 4.52 Å². The summed E-state index contributed by atoms with van der Waals surface area (Å²) in [6.45, 7) is 6.02. The van der Waals surface area contributed by atoms with Gasteiger partial charge in [-0.25, -0.2) is 15.0 Å². The molecule has 0 saturated carbocycles. The maximum Gasteiger partial charge on any atom is 0.249 e. The van der Waals surface area contributed by atoms with Crippen LogP contribution in [0.1, 0.15) is 44.4 Å². The molecule has 3 aromatic rings. The Morgan fingerprint density at radius 3 is 2.64 bits per heavy atom. The summed E-state index contributed by atoms with van der Waals surface area (Å²) in [6.07, 6.45) is 6.93. The van der Waals surface area contributed by atoms with E-state index in [1.807, 2.05) is 37.6 Å². The second-order valence-corrected chi connectivity index (χ2v) is 4.95. The normalized spacial score (nSPS) is 12.5. The molecule has 7 heteroatoms. The van der Waals surface area contributed by atoms with Crippen molar-refractivity contribution in [3.63, 3.8) is 0 Å². The highest BCUT2D eigenvalue weighted by molar-refractivity contribution is 5.49. The molecule has 3 aromatic heterocycles. The molecule has 1 atom stereocenters. The van der Waals surface area contributed by atoms with Crippen LogP contribution in [-0.4, -0.2) is 29.7 Å². The zero-order valence-corrected chi connectivity index (χ0v) is 12.9. The van der Waals surface area contributed by atoms with Gasteiger partial charge in [0.05, 0.1) is 0 Å². The summed E-state index contributed by atoms with van der Waals surface area (Å²) in [4.78, 5) is 17.6. The second kappa shape index (κ2) is 6.05. The average molecular weight is 298 g/mol. The van der Waals surface area contributed by atoms with Crippen molar-refractivity contribution in [3.05, 3.63) is 42.2 Å². The van der Waals surface area contributed by atoms with Crippen LogP contribution in [0.3, 0.4) is 0 Å². The molecule has 0 amide bonds. The molecule has 1 unspecified atom stereocenters. The number of hydrogen-bond donors (Lipinski definition) is 0. The highest BCUT2D eigenvalue weighted by atomic mass is 16.5. The molecular weight excluding hydrogens is 280 g/mol. The van der Waals surface area contributed by atoms with Crippen LogP contribution in [0.5, 0.6) is 0 Å². The van der Waals surface area contributed by atoms with Gasteiger partial charge in [0.15, 0.2) is 11.6 Å². The van der Waals surface area contributed by atoms with Crippen molar-refractivity contribution >= 4 is 0 Å². The van der Waals surface area contributed by atoms with E-state index >= 15 is 0 Å². The Morgan fingerprint density at radius 2 is 1.91 bits per heavy atom. The summed E-state index contributed by atoms with van der Waals surface area (Å²) in [5.41, 5.74) is 0.791. The van der Waals surface area contributed by atoms with E-state index in [2.05, 4.69) is 25.1 Å². The first-order chi connectivity index (χ1) is 10.7. The van der Waals surface area contributed by atoms with Gasteiger partial charge in [0.1, 0.15) is 17.6 Å². The van der Waals surface area contributed by atoms with Crippen LogP contribution in [0.2, 0.25) is 0 Å². The number of imidazole rings is 1. The lowest BCUT2D eigenvalue weighted by atomic mass is 10.3. The highest BCUT2D eigenvalue weighted by Crippen LogP contribution is 2.23. The summed E-state index contributed by atoms with van der Waals surface area (Å²) < 4.78 is 7.32. The fourth-order valence-corrected chi connectivity index (χ4v) is 2.22. The molecule has 0 saturated heterocycles. The molecule has 0 radical (unpaired) electrons. The van der Waals surface area contributed by atoms with Crippen LogP contribution in [0.4, 0.5) is 0 Å². The fourth-order valence-electron chi connectivity index (χ4n) is 2.22. The molecule has 0 aliphatic heterocycles. The maximum absolute atomic E-state index is 5.33. The number of aromatic nitrogens is 6. The first kappa shape index (κ1) is 14.4. The number of aryl methyl sites for hydroxylation is 2. The monoisotopic (exact) mass is 298 g/mol. The third-order valence-electron chi connectivity index (χ3n) is 3.49. The Morgan fingerprint density at radius 1 is 1.09 bits per heavy atom. The Kier molecular flexibility index (Phi) is 3.95. The minimum atomic E-state index is -0.106. The van der Waals surface area contributed by atoms with E-state index in [0.717, 1.165) is 30.2 Å². The molecule has 22 heavy (non-hydrogen) atoms. The summed E-state index contributed by atoms with van der Waals surface area (Å²) in [6, 6.07) is 1.75. The molecule has 3 rings (SSSR count). The first-order valence-electron chi connectivity index (χ1n) is 7.40. The lowest BCUT2D eigenvalue weighted by molar-refractivity contribution is 0.343. The topological polar surface area (TPSA) is 82.5 Å². The van der Waals surface area contributed by atoms with Gasteiger partial charge in [-0.3, -0.25) is 0 Å². The van der Waals surface area contributed by atoms with Crippen LogP contribution in [0.15, 0.2) is 29.2 Å². The van der Waals surface area contributed by atoms with E-state index in [1.54, 1.807) is 12.4 Å². The summed E-state index contributed by atoms with van der Waals surface area (Å²) in [5, 5.41) is 3.95. The Bertz CT molecular complexity index is 763. The molecule has 0 bridgehead atoms. The summed E-state index contributed by atoms with van der Waals surface area (Å²) in [7, 11) is 0. The molecule has 0 aromatic carbocycles. The van der Waals surface area contributed by atoms with Crippen molar-refractivity contribution in [2.75, 3.05) is 0 Å². The third kappa shape index (κ3) is 2.61. The van der Waals surface area contributed by atoms with Crippen molar-refractivity contribution in [2.24, 2.45) is 0 Å². The van der Waals surface area contributed by atoms with E-state index in [-0.39, 0.29) is 6.04 Å². The SMILES string of the molecule is CCc1nccc(-c2nccn2C(C)c2nc(CC)no2)n1. The smallest absolute Gasteiger partial charge is 0.249 e. The van der Waals surface area contributed by atoms with Crippen molar-refractivity contribution in [1.82, 2.24) is 29.7 Å². The fraction of sp³-hybridized carbons (Fsp3) is 0.400. The van der Waals surface area contributed by atoms with Gasteiger partial charge in [-0.05, 0) is 13.0 Å². The van der Waals surface area contributed by atoms with Gasteiger partial charge in [-0.15, -0.1) is 0 Å². The minimum Gasteiger partial charge on any atom is -0.337 e. The van der Waals surface area contributed by atoms with Gasteiger partial charge in [0.2, 0.25) is 5.89 Å². The lowest BCUT2D eigenvalue weighted by Crippen LogP contribution is -2.09. The molecular formula is C15H18N6O. The third-order valence-corrected chi connectivity index (χ3v) is 3.49. The van der Waals surface area contributed by atoms with Crippen LogP contribution >= 0.6 is 0 Å². The number of rotatable bonds is 5. The highest BCUT2D eigenvalue weighted by Gasteiger charge is 2.19. The largest absolute Gasteiger partial charge is 0.337 e. The average Bonchev–Trinajstić information content (AvgIpc) is 3.23. The maximum atomic E-state index is 5.33. The Balaban J connectivity index is 1.97. The quantitative estimate of drug-likeness (QED) is 0.719. The number of hydrogen-bond acceptors (Lipinski definition) is 6. The van der Waals surface area contributed by atoms with E-state index in [4.69, 9.17) is 4.52 Å². The standard InChI is InChI=1S/C15H18N6O/c1-4-12-16-7-6-11(18-12)14-17-8-9-21(14)10(3)15-19-13(5-2)20-22-15/h6-10H,4-5H2,1-3H3. The van der Waals surface area contributed by atoms with Gasteiger partial charge in [-0.1, -0.05) is 19.0 Å². The molecule has 0 aliphatic rings. The van der Waals surface area contributed by atoms with E-state index in [0.29, 0.717) is 11.7 Å². The van der Waals surface area contributed by atoms with Crippen LogP contribution in [0, 0.1) is 0 Å².